The predicted molar refractivity (Wildman–Crippen MR) is 72.6 cm³/mol. The van der Waals surface area contributed by atoms with Gasteiger partial charge in [-0.1, -0.05) is 26.0 Å². The van der Waals surface area contributed by atoms with E-state index in [1.165, 1.54) is 11.1 Å². The molecule has 0 amide bonds. The zero-order valence-electron chi connectivity index (χ0n) is 11.3. The second-order valence-corrected chi connectivity index (χ2v) is 4.93. The van der Waals surface area contributed by atoms with Crippen LogP contribution in [0.25, 0.3) is 0 Å². The summed E-state index contributed by atoms with van der Waals surface area (Å²) in [6.45, 7) is 9.26. The summed E-state index contributed by atoms with van der Waals surface area (Å²) in [7, 11) is 0. The molecule has 2 heteroatoms. The van der Waals surface area contributed by atoms with Crippen molar-refractivity contribution in [3.05, 3.63) is 34.9 Å². The van der Waals surface area contributed by atoms with E-state index in [4.69, 9.17) is 0 Å². The van der Waals surface area contributed by atoms with Crippen molar-refractivity contribution in [1.29, 1.82) is 0 Å². The van der Waals surface area contributed by atoms with Crippen molar-refractivity contribution in [2.24, 2.45) is 0 Å². The van der Waals surface area contributed by atoms with Crippen molar-refractivity contribution in [2.45, 2.75) is 46.6 Å². The lowest BCUT2D eigenvalue weighted by Crippen LogP contribution is -2.24. The maximum atomic E-state index is 11.9. The third kappa shape index (κ3) is 4.70. The molecular weight excluding hydrogens is 210 g/mol. The average molecular weight is 233 g/mol. The summed E-state index contributed by atoms with van der Waals surface area (Å²) in [5.74, 6) is 0.249. The zero-order chi connectivity index (χ0) is 12.8. The summed E-state index contributed by atoms with van der Waals surface area (Å²) in [6, 6.07) is 6.44. The Balaban J connectivity index is 2.44. The number of hydrogen-bond acceptors (Lipinski definition) is 2. The number of aryl methyl sites for hydroxylation is 2. The van der Waals surface area contributed by atoms with Gasteiger partial charge in [-0.15, -0.1) is 0 Å². The van der Waals surface area contributed by atoms with Crippen LogP contribution in [0.2, 0.25) is 0 Å². The van der Waals surface area contributed by atoms with Crippen LogP contribution in [-0.4, -0.2) is 18.4 Å². The van der Waals surface area contributed by atoms with Crippen LogP contribution in [-0.2, 0) is 0 Å². The van der Waals surface area contributed by atoms with Gasteiger partial charge in [-0.3, -0.25) is 4.79 Å². The first-order valence-electron chi connectivity index (χ1n) is 6.34. The van der Waals surface area contributed by atoms with Gasteiger partial charge in [-0.05, 0) is 44.0 Å². The van der Waals surface area contributed by atoms with Crippen LogP contribution in [0.15, 0.2) is 18.2 Å². The SMILES string of the molecule is Cc1ccc(C(=O)CCCNC(C)C)cc1C. The van der Waals surface area contributed by atoms with Crippen LogP contribution >= 0.6 is 0 Å². The lowest BCUT2D eigenvalue weighted by Gasteiger charge is -2.08. The van der Waals surface area contributed by atoms with Gasteiger partial charge in [0.2, 0.25) is 0 Å². The number of hydrogen-bond donors (Lipinski definition) is 1. The van der Waals surface area contributed by atoms with Crippen LogP contribution < -0.4 is 5.32 Å². The van der Waals surface area contributed by atoms with E-state index in [0.29, 0.717) is 12.5 Å². The maximum Gasteiger partial charge on any atom is 0.162 e. The molecule has 1 aromatic rings. The Morgan fingerprint density at radius 1 is 1.24 bits per heavy atom. The van der Waals surface area contributed by atoms with Crippen LogP contribution in [0.4, 0.5) is 0 Å². The molecule has 0 radical (unpaired) electrons. The highest BCUT2D eigenvalue weighted by molar-refractivity contribution is 5.96. The van der Waals surface area contributed by atoms with Gasteiger partial charge in [-0.25, -0.2) is 0 Å². The van der Waals surface area contributed by atoms with Crippen molar-refractivity contribution < 1.29 is 4.79 Å². The normalized spacial score (nSPS) is 10.9. The number of nitrogens with one attached hydrogen (secondary N) is 1. The van der Waals surface area contributed by atoms with Crippen LogP contribution in [0.5, 0.6) is 0 Å². The number of carbonyl (C=O) groups is 1. The lowest BCUT2D eigenvalue weighted by atomic mass is 10.0. The maximum absolute atomic E-state index is 11.9. The van der Waals surface area contributed by atoms with Gasteiger partial charge in [0.15, 0.2) is 5.78 Å². The zero-order valence-corrected chi connectivity index (χ0v) is 11.3. The molecule has 1 aromatic carbocycles. The summed E-state index contributed by atoms with van der Waals surface area (Å²) in [5, 5.41) is 3.32. The van der Waals surface area contributed by atoms with Gasteiger partial charge in [0.25, 0.3) is 0 Å². The minimum Gasteiger partial charge on any atom is -0.315 e. The minimum atomic E-state index is 0.249. The van der Waals surface area contributed by atoms with Gasteiger partial charge in [-0.2, -0.15) is 0 Å². The number of rotatable bonds is 6. The first-order valence-corrected chi connectivity index (χ1v) is 6.34. The predicted octanol–water partition coefficient (Wildman–Crippen LogP) is 3.26. The highest BCUT2D eigenvalue weighted by atomic mass is 16.1. The van der Waals surface area contributed by atoms with Crippen LogP contribution in [0, 0.1) is 13.8 Å². The fraction of sp³-hybridized carbons (Fsp3) is 0.533. The van der Waals surface area contributed by atoms with E-state index in [0.717, 1.165) is 18.5 Å². The number of carbonyl (C=O) groups excluding carboxylic acids is 1. The lowest BCUT2D eigenvalue weighted by molar-refractivity contribution is 0.0979. The molecule has 0 saturated heterocycles. The minimum absolute atomic E-state index is 0.249. The molecule has 0 aliphatic carbocycles. The fourth-order valence-corrected chi connectivity index (χ4v) is 1.70. The molecule has 2 nitrogen and oxygen atoms in total. The molecule has 0 aliphatic rings. The molecule has 1 rings (SSSR count). The Bertz CT molecular complexity index is 383. The molecular formula is C15H23NO. The quantitative estimate of drug-likeness (QED) is 0.603. The summed E-state index contributed by atoms with van der Waals surface area (Å²) in [6.07, 6.45) is 1.53. The summed E-state index contributed by atoms with van der Waals surface area (Å²) < 4.78 is 0. The third-order valence-corrected chi connectivity index (χ3v) is 2.96. The van der Waals surface area contributed by atoms with E-state index in [9.17, 15) is 4.79 Å². The molecule has 0 fully saturated rings. The second kappa shape index (κ2) is 6.55. The van der Waals surface area contributed by atoms with Gasteiger partial charge < -0.3 is 5.32 Å². The monoisotopic (exact) mass is 233 g/mol. The molecule has 94 valence electrons. The van der Waals surface area contributed by atoms with Crippen molar-refractivity contribution in [3.63, 3.8) is 0 Å². The van der Waals surface area contributed by atoms with E-state index in [1.54, 1.807) is 0 Å². The smallest absolute Gasteiger partial charge is 0.162 e. The Morgan fingerprint density at radius 3 is 2.53 bits per heavy atom. The van der Waals surface area contributed by atoms with E-state index in [1.807, 2.05) is 25.1 Å². The molecule has 0 saturated carbocycles. The highest BCUT2D eigenvalue weighted by Gasteiger charge is 2.06. The molecule has 0 aliphatic heterocycles. The van der Waals surface area contributed by atoms with Crippen molar-refractivity contribution in [3.8, 4) is 0 Å². The third-order valence-electron chi connectivity index (χ3n) is 2.96. The van der Waals surface area contributed by atoms with Crippen molar-refractivity contribution in [1.82, 2.24) is 5.32 Å². The van der Waals surface area contributed by atoms with Gasteiger partial charge in [0, 0.05) is 18.0 Å². The molecule has 0 heterocycles. The van der Waals surface area contributed by atoms with Crippen molar-refractivity contribution in [2.75, 3.05) is 6.54 Å². The molecule has 17 heavy (non-hydrogen) atoms. The Kier molecular flexibility index (Phi) is 5.36. The number of Topliss-reactive ketones (excluding diaryl/α,β-unsaturated/α-hetero) is 1. The first kappa shape index (κ1) is 13.9. The first-order chi connectivity index (χ1) is 8.00. The highest BCUT2D eigenvalue weighted by Crippen LogP contribution is 2.12. The topological polar surface area (TPSA) is 29.1 Å². The van der Waals surface area contributed by atoms with Gasteiger partial charge >= 0.3 is 0 Å². The Morgan fingerprint density at radius 2 is 1.94 bits per heavy atom. The standard InChI is InChI=1S/C15H23NO/c1-11(2)16-9-5-6-15(17)14-8-7-12(3)13(4)10-14/h7-8,10-11,16H,5-6,9H2,1-4H3. The Labute approximate surface area is 104 Å². The second-order valence-electron chi connectivity index (χ2n) is 4.93. The van der Waals surface area contributed by atoms with Crippen LogP contribution in [0.3, 0.4) is 0 Å². The van der Waals surface area contributed by atoms with E-state index in [-0.39, 0.29) is 5.78 Å². The van der Waals surface area contributed by atoms with Crippen LogP contribution in [0.1, 0.15) is 48.2 Å². The average Bonchev–Trinajstić information content (AvgIpc) is 2.27. The summed E-state index contributed by atoms with van der Waals surface area (Å²) >= 11 is 0. The van der Waals surface area contributed by atoms with Gasteiger partial charge in [0.05, 0.1) is 0 Å². The molecule has 0 bridgehead atoms. The van der Waals surface area contributed by atoms with Gasteiger partial charge in [0.1, 0.15) is 0 Å². The molecule has 1 N–H and O–H groups in total. The molecule has 0 spiro atoms. The van der Waals surface area contributed by atoms with E-state index in [2.05, 4.69) is 26.1 Å². The van der Waals surface area contributed by atoms with Crippen molar-refractivity contribution >= 4 is 5.78 Å². The van der Waals surface area contributed by atoms with E-state index < -0.39 is 0 Å². The largest absolute Gasteiger partial charge is 0.315 e. The molecule has 0 aromatic heterocycles. The molecule has 0 unspecified atom stereocenters. The molecule has 0 atom stereocenters. The summed E-state index contributed by atoms with van der Waals surface area (Å²) in [4.78, 5) is 11.9. The number of ketones is 1. The summed E-state index contributed by atoms with van der Waals surface area (Å²) in [5.41, 5.74) is 3.27. The fourth-order valence-electron chi connectivity index (χ4n) is 1.70. The number of benzene rings is 1. The Hall–Kier alpha value is -1.15. The van der Waals surface area contributed by atoms with E-state index >= 15 is 0 Å².